The van der Waals surface area contributed by atoms with Crippen LogP contribution in [0.15, 0.2) is 78.4 Å². The van der Waals surface area contributed by atoms with Crippen molar-refractivity contribution in [2.45, 2.75) is 13.5 Å². The van der Waals surface area contributed by atoms with Crippen LogP contribution in [-0.4, -0.2) is 63.9 Å². The second-order valence-electron chi connectivity index (χ2n) is 10.1. The standard InChI is InChI=1S/C31H30N6O2S/c1-21-16-22(20-37-13-11-36(2)12-14-37)18-25(17-21)33-30(38)24-4-3-5-26(19-24)39-31-28-27(8-15-40-28)34-29(35-31)23-6-9-32-10-7-23/h3-10,15-19H,11-14,20H2,1-2H3,(H,33,38). The van der Waals surface area contributed by atoms with Crippen LogP contribution in [0.1, 0.15) is 21.5 Å². The number of fused-ring (bicyclic) bond motifs is 1. The minimum Gasteiger partial charge on any atom is -0.437 e. The monoisotopic (exact) mass is 550 g/mol. The molecule has 1 aliphatic rings. The van der Waals surface area contributed by atoms with Gasteiger partial charge in [-0.15, -0.1) is 11.3 Å². The fourth-order valence-electron chi connectivity index (χ4n) is 4.84. The molecule has 5 aromatic rings. The van der Waals surface area contributed by atoms with Crippen LogP contribution in [0.5, 0.6) is 11.6 Å². The Bertz CT molecular complexity index is 1650. The average molecular weight is 551 g/mol. The van der Waals surface area contributed by atoms with Crippen molar-refractivity contribution in [2.24, 2.45) is 0 Å². The van der Waals surface area contributed by atoms with Gasteiger partial charge in [-0.05, 0) is 79.0 Å². The van der Waals surface area contributed by atoms with Crippen molar-refractivity contribution in [3.05, 3.63) is 95.1 Å². The molecule has 3 aromatic heterocycles. The summed E-state index contributed by atoms with van der Waals surface area (Å²) in [7, 11) is 2.16. The van der Waals surface area contributed by atoms with E-state index >= 15 is 0 Å². The van der Waals surface area contributed by atoms with E-state index in [0.29, 0.717) is 23.0 Å². The molecule has 202 valence electrons. The molecular weight excluding hydrogens is 520 g/mol. The highest BCUT2D eigenvalue weighted by Crippen LogP contribution is 2.33. The molecule has 4 heterocycles. The van der Waals surface area contributed by atoms with Gasteiger partial charge in [0.25, 0.3) is 5.91 Å². The van der Waals surface area contributed by atoms with E-state index in [4.69, 9.17) is 9.72 Å². The highest BCUT2D eigenvalue weighted by atomic mass is 32.1. The third-order valence-corrected chi connectivity index (χ3v) is 7.81. The Morgan fingerprint density at radius 2 is 1.82 bits per heavy atom. The zero-order valence-electron chi connectivity index (χ0n) is 22.5. The number of amides is 1. The van der Waals surface area contributed by atoms with E-state index in [1.807, 2.05) is 41.8 Å². The summed E-state index contributed by atoms with van der Waals surface area (Å²) in [5.74, 6) is 1.35. The third-order valence-electron chi connectivity index (χ3n) is 6.92. The fourth-order valence-corrected chi connectivity index (χ4v) is 5.60. The molecule has 1 N–H and O–H groups in total. The van der Waals surface area contributed by atoms with Crippen LogP contribution in [0.4, 0.5) is 5.69 Å². The zero-order chi connectivity index (χ0) is 27.5. The number of anilines is 1. The van der Waals surface area contributed by atoms with E-state index in [1.165, 1.54) is 16.9 Å². The predicted molar refractivity (Wildman–Crippen MR) is 159 cm³/mol. The summed E-state index contributed by atoms with van der Waals surface area (Å²) in [6.45, 7) is 7.18. The highest BCUT2D eigenvalue weighted by molar-refractivity contribution is 7.17. The van der Waals surface area contributed by atoms with Crippen molar-refractivity contribution < 1.29 is 9.53 Å². The lowest BCUT2D eigenvalue weighted by atomic mass is 10.1. The van der Waals surface area contributed by atoms with Crippen LogP contribution in [0, 0.1) is 6.92 Å². The van der Waals surface area contributed by atoms with Crippen molar-refractivity contribution in [3.63, 3.8) is 0 Å². The molecule has 1 amide bonds. The van der Waals surface area contributed by atoms with Crippen molar-refractivity contribution in [1.29, 1.82) is 0 Å². The van der Waals surface area contributed by atoms with Gasteiger partial charge in [-0.1, -0.05) is 12.1 Å². The number of nitrogens with zero attached hydrogens (tertiary/aromatic N) is 5. The van der Waals surface area contributed by atoms with Crippen LogP contribution in [0.2, 0.25) is 0 Å². The Hall–Kier alpha value is -4.18. The van der Waals surface area contributed by atoms with Gasteiger partial charge in [-0.25, -0.2) is 4.98 Å². The van der Waals surface area contributed by atoms with Crippen LogP contribution < -0.4 is 10.1 Å². The predicted octanol–water partition coefficient (Wildman–Crippen LogP) is 5.85. The molecule has 2 aromatic carbocycles. The Labute approximate surface area is 237 Å². The number of nitrogens with one attached hydrogen (secondary N) is 1. The van der Waals surface area contributed by atoms with Gasteiger partial charge in [-0.3, -0.25) is 14.7 Å². The molecule has 1 saturated heterocycles. The molecule has 0 aliphatic carbocycles. The topological polar surface area (TPSA) is 83.5 Å². The number of hydrogen-bond donors (Lipinski definition) is 1. The molecule has 1 fully saturated rings. The van der Waals surface area contributed by atoms with Gasteiger partial charge in [0.15, 0.2) is 5.82 Å². The van der Waals surface area contributed by atoms with Gasteiger partial charge in [0.2, 0.25) is 5.88 Å². The number of aryl methyl sites for hydroxylation is 1. The first-order chi connectivity index (χ1) is 19.5. The SMILES string of the molecule is Cc1cc(CN2CCN(C)CC2)cc(NC(=O)c2cccc(Oc3nc(-c4ccncc4)nc4ccsc34)c2)c1. The number of carbonyl (C=O) groups is 1. The summed E-state index contributed by atoms with van der Waals surface area (Å²) in [6.07, 6.45) is 3.42. The maximum Gasteiger partial charge on any atom is 0.255 e. The molecule has 0 spiro atoms. The number of pyridine rings is 1. The van der Waals surface area contributed by atoms with E-state index in [0.717, 1.165) is 59.8 Å². The van der Waals surface area contributed by atoms with E-state index < -0.39 is 0 Å². The number of piperazine rings is 1. The lowest BCUT2D eigenvalue weighted by molar-refractivity contribution is 0.102. The number of hydrogen-bond acceptors (Lipinski definition) is 8. The van der Waals surface area contributed by atoms with E-state index in [2.05, 4.69) is 51.2 Å². The Balaban J connectivity index is 1.20. The Morgan fingerprint density at radius 1 is 1.00 bits per heavy atom. The first-order valence-electron chi connectivity index (χ1n) is 13.3. The fraction of sp³-hybridized carbons (Fsp3) is 0.226. The molecule has 8 nitrogen and oxygen atoms in total. The number of likely N-dealkylation sites (N-methyl/N-ethyl adjacent to an activating group) is 1. The first kappa shape index (κ1) is 26.1. The lowest BCUT2D eigenvalue weighted by Crippen LogP contribution is -2.43. The quantitative estimate of drug-likeness (QED) is 0.272. The summed E-state index contributed by atoms with van der Waals surface area (Å²) in [4.78, 5) is 31.5. The summed E-state index contributed by atoms with van der Waals surface area (Å²) in [6, 6.07) is 19.1. The summed E-state index contributed by atoms with van der Waals surface area (Å²) in [5.41, 5.74) is 5.27. The maximum atomic E-state index is 13.3. The molecule has 0 radical (unpaired) electrons. The van der Waals surface area contributed by atoms with Gasteiger partial charge >= 0.3 is 0 Å². The first-order valence-corrected chi connectivity index (χ1v) is 14.1. The molecule has 0 atom stereocenters. The van der Waals surface area contributed by atoms with E-state index in [-0.39, 0.29) is 5.91 Å². The van der Waals surface area contributed by atoms with Gasteiger partial charge in [0, 0.05) is 61.9 Å². The number of benzene rings is 2. The summed E-state index contributed by atoms with van der Waals surface area (Å²) < 4.78 is 7.09. The summed E-state index contributed by atoms with van der Waals surface area (Å²) >= 11 is 1.52. The average Bonchev–Trinajstić information content (AvgIpc) is 3.44. The minimum absolute atomic E-state index is 0.192. The number of thiophene rings is 1. The van der Waals surface area contributed by atoms with E-state index in [1.54, 1.807) is 24.5 Å². The van der Waals surface area contributed by atoms with Gasteiger partial charge < -0.3 is 15.0 Å². The second-order valence-corrected chi connectivity index (χ2v) is 11.0. The van der Waals surface area contributed by atoms with Crippen molar-refractivity contribution in [2.75, 3.05) is 38.5 Å². The van der Waals surface area contributed by atoms with Gasteiger partial charge in [-0.2, -0.15) is 4.98 Å². The van der Waals surface area contributed by atoms with Crippen molar-refractivity contribution in [3.8, 4) is 23.0 Å². The van der Waals surface area contributed by atoms with Crippen LogP contribution in [-0.2, 0) is 6.54 Å². The normalized spacial score (nSPS) is 14.3. The highest BCUT2D eigenvalue weighted by Gasteiger charge is 2.16. The molecule has 0 saturated carbocycles. The number of carbonyl (C=O) groups excluding carboxylic acids is 1. The maximum absolute atomic E-state index is 13.3. The van der Waals surface area contributed by atoms with Crippen LogP contribution in [0.3, 0.4) is 0 Å². The molecule has 6 rings (SSSR count). The molecule has 1 aliphatic heterocycles. The van der Waals surface area contributed by atoms with Crippen LogP contribution >= 0.6 is 11.3 Å². The molecule has 40 heavy (non-hydrogen) atoms. The second kappa shape index (κ2) is 11.5. The van der Waals surface area contributed by atoms with Crippen molar-refractivity contribution >= 4 is 33.1 Å². The van der Waals surface area contributed by atoms with Gasteiger partial charge in [0.1, 0.15) is 10.4 Å². The molecule has 0 unspecified atom stereocenters. The Morgan fingerprint density at radius 3 is 2.65 bits per heavy atom. The molecular formula is C31H30N6O2S. The van der Waals surface area contributed by atoms with Gasteiger partial charge in [0.05, 0.1) is 5.52 Å². The Kier molecular flexibility index (Phi) is 7.50. The number of aromatic nitrogens is 3. The lowest BCUT2D eigenvalue weighted by Gasteiger charge is -2.32. The third kappa shape index (κ3) is 6.02. The number of ether oxygens (including phenoxy) is 1. The summed E-state index contributed by atoms with van der Waals surface area (Å²) in [5, 5.41) is 5.04. The largest absolute Gasteiger partial charge is 0.437 e. The molecule has 0 bridgehead atoms. The van der Waals surface area contributed by atoms with Crippen LogP contribution in [0.25, 0.3) is 21.6 Å². The van der Waals surface area contributed by atoms with Crippen molar-refractivity contribution in [1.82, 2.24) is 24.8 Å². The zero-order valence-corrected chi connectivity index (χ0v) is 23.3. The number of rotatable bonds is 7. The smallest absolute Gasteiger partial charge is 0.255 e. The minimum atomic E-state index is -0.192. The molecule has 9 heteroatoms. The van der Waals surface area contributed by atoms with E-state index in [9.17, 15) is 4.79 Å².